The summed E-state index contributed by atoms with van der Waals surface area (Å²) in [6, 6.07) is 11.8. The molecule has 0 saturated carbocycles. The summed E-state index contributed by atoms with van der Waals surface area (Å²) in [5, 5.41) is 0.942. The molecule has 1 aliphatic heterocycles. The van der Waals surface area contributed by atoms with Crippen LogP contribution in [0.25, 0.3) is 6.08 Å². The fourth-order valence-electron chi connectivity index (χ4n) is 3.87. The van der Waals surface area contributed by atoms with Gasteiger partial charge in [0, 0.05) is 10.0 Å². The van der Waals surface area contributed by atoms with E-state index in [0.29, 0.717) is 42.0 Å². The van der Waals surface area contributed by atoms with Gasteiger partial charge in [0.25, 0.3) is 5.56 Å². The van der Waals surface area contributed by atoms with Crippen molar-refractivity contribution in [3.8, 4) is 5.75 Å². The van der Waals surface area contributed by atoms with Gasteiger partial charge in [0.1, 0.15) is 5.75 Å². The molecule has 0 N–H and O–H groups in total. The third kappa shape index (κ3) is 5.22. The first-order valence-corrected chi connectivity index (χ1v) is 12.7. The lowest BCUT2D eigenvalue weighted by atomic mass is 9.96. The molecule has 2 aromatic carbocycles. The second kappa shape index (κ2) is 10.4. The molecule has 1 aromatic heterocycles. The summed E-state index contributed by atoms with van der Waals surface area (Å²) in [6.07, 6.45) is 1.73. The highest BCUT2D eigenvalue weighted by Gasteiger charge is 2.33. The smallest absolute Gasteiger partial charge is 0.338 e. The van der Waals surface area contributed by atoms with E-state index in [1.807, 2.05) is 38.1 Å². The van der Waals surface area contributed by atoms with Crippen LogP contribution in [0.2, 0.25) is 10.0 Å². The molecular formula is C26H24Cl2N2O4S. The molecular weight excluding hydrogens is 507 g/mol. The molecule has 0 saturated heterocycles. The van der Waals surface area contributed by atoms with E-state index in [9.17, 15) is 9.59 Å². The maximum atomic E-state index is 13.6. The van der Waals surface area contributed by atoms with E-state index < -0.39 is 12.0 Å². The standard InChI is InChI=1S/C26H24Cl2N2O4S/c1-5-33-25(32)22-15(4)29-26-30(23(22)16-7-10-19(11-8-16)34-14(2)3)24(31)21(35-26)12-17-6-9-18(27)13-20(17)28/h6-14,23H,5H2,1-4H3/b21-12-/t23-/m0/s1. The number of nitrogens with zero attached hydrogens (tertiary/aromatic N) is 2. The number of hydrogen-bond donors (Lipinski definition) is 0. The van der Waals surface area contributed by atoms with Gasteiger partial charge < -0.3 is 9.47 Å². The maximum absolute atomic E-state index is 13.6. The van der Waals surface area contributed by atoms with Crippen molar-refractivity contribution in [2.24, 2.45) is 4.99 Å². The zero-order valence-corrected chi connectivity index (χ0v) is 22.0. The van der Waals surface area contributed by atoms with Crippen LogP contribution in [0.4, 0.5) is 0 Å². The van der Waals surface area contributed by atoms with Crippen molar-refractivity contribution in [2.45, 2.75) is 39.8 Å². The van der Waals surface area contributed by atoms with Gasteiger partial charge >= 0.3 is 5.97 Å². The predicted octanol–water partition coefficient (Wildman–Crippen LogP) is 4.89. The number of ether oxygens (including phenoxy) is 2. The minimum absolute atomic E-state index is 0.0236. The van der Waals surface area contributed by atoms with Gasteiger partial charge in [0.15, 0.2) is 4.80 Å². The number of fused-ring (bicyclic) bond motifs is 1. The van der Waals surface area contributed by atoms with Crippen LogP contribution in [-0.2, 0) is 9.53 Å². The highest BCUT2D eigenvalue weighted by Crippen LogP contribution is 2.32. The van der Waals surface area contributed by atoms with Gasteiger partial charge in [-0.05, 0) is 69.2 Å². The Hall–Kier alpha value is -2.87. The molecule has 0 fully saturated rings. The van der Waals surface area contributed by atoms with Gasteiger partial charge in [-0.2, -0.15) is 0 Å². The topological polar surface area (TPSA) is 69.9 Å². The van der Waals surface area contributed by atoms with Crippen molar-refractivity contribution in [3.05, 3.63) is 94.6 Å². The summed E-state index contributed by atoms with van der Waals surface area (Å²) >= 11 is 13.6. The number of thiazole rings is 1. The van der Waals surface area contributed by atoms with Crippen molar-refractivity contribution < 1.29 is 14.3 Å². The lowest BCUT2D eigenvalue weighted by Crippen LogP contribution is -2.39. The molecule has 3 aromatic rings. The molecule has 1 aliphatic rings. The summed E-state index contributed by atoms with van der Waals surface area (Å²) in [5.41, 5.74) is 1.97. The molecule has 0 aliphatic carbocycles. The van der Waals surface area contributed by atoms with E-state index in [4.69, 9.17) is 32.7 Å². The number of carbonyl (C=O) groups excluding carboxylic acids is 1. The Labute approximate surface area is 216 Å². The fourth-order valence-corrected chi connectivity index (χ4v) is 5.37. The number of rotatable bonds is 6. The lowest BCUT2D eigenvalue weighted by Gasteiger charge is -2.25. The molecule has 1 atom stereocenters. The average molecular weight is 531 g/mol. The zero-order valence-electron chi connectivity index (χ0n) is 19.7. The van der Waals surface area contributed by atoms with E-state index in [1.54, 1.807) is 38.1 Å². The summed E-state index contributed by atoms with van der Waals surface area (Å²) in [5.74, 6) is 0.197. The second-order valence-corrected chi connectivity index (χ2v) is 10.1. The van der Waals surface area contributed by atoms with Crippen molar-refractivity contribution in [1.82, 2.24) is 4.57 Å². The lowest BCUT2D eigenvalue weighted by molar-refractivity contribution is -0.139. The van der Waals surface area contributed by atoms with Crippen LogP contribution in [0.3, 0.4) is 0 Å². The van der Waals surface area contributed by atoms with Crippen molar-refractivity contribution in [3.63, 3.8) is 0 Å². The molecule has 0 unspecified atom stereocenters. The third-order valence-corrected chi connectivity index (χ3v) is 6.88. The highest BCUT2D eigenvalue weighted by molar-refractivity contribution is 7.07. The third-order valence-electron chi connectivity index (χ3n) is 5.33. The Morgan fingerprint density at radius 2 is 1.91 bits per heavy atom. The van der Waals surface area contributed by atoms with Crippen LogP contribution in [0, 0.1) is 0 Å². The van der Waals surface area contributed by atoms with E-state index in [2.05, 4.69) is 4.99 Å². The number of carbonyl (C=O) groups is 1. The van der Waals surface area contributed by atoms with Crippen molar-refractivity contribution in [1.29, 1.82) is 0 Å². The van der Waals surface area contributed by atoms with E-state index >= 15 is 0 Å². The van der Waals surface area contributed by atoms with E-state index in [1.165, 1.54) is 15.9 Å². The van der Waals surface area contributed by atoms with Gasteiger partial charge in [-0.1, -0.05) is 52.7 Å². The zero-order chi connectivity index (χ0) is 25.3. The normalized spacial score (nSPS) is 15.7. The molecule has 4 rings (SSSR count). The van der Waals surface area contributed by atoms with Gasteiger partial charge in [-0.3, -0.25) is 9.36 Å². The van der Waals surface area contributed by atoms with Crippen LogP contribution < -0.4 is 19.6 Å². The molecule has 0 amide bonds. The molecule has 6 nitrogen and oxygen atoms in total. The summed E-state index contributed by atoms with van der Waals surface area (Å²) in [7, 11) is 0. The largest absolute Gasteiger partial charge is 0.491 e. The van der Waals surface area contributed by atoms with E-state index in [0.717, 1.165) is 5.56 Å². The molecule has 9 heteroatoms. The monoisotopic (exact) mass is 530 g/mol. The van der Waals surface area contributed by atoms with Crippen molar-refractivity contribution in [2.75, 3.05) is 6.61 Å². The first-order valence-electron chi connectivity index (χ1n) is 11.1. The SMILES string of the molecule is CCOC(=O)C1=C(C)N=c2s/c(=C\c3ccc(Cl)cc3Cl)c(=O)n2[C@H]1c1ccc(OC(C)C)cc1. The Morgan fingerprint density at radius 1 is 1.20 bits per heavy atom. The minimum Gasteiger partial charge on any atom is -0.491 e. The number of esters is 1. The molecule has 0 bridgehead atoms. The number of benzene rings is 2. The highest BCUT2D eigenvalue weighted by atomic mass is 35.5. The number of aromatic nitrogens is 1. The van der Waals surface area contributed by atoms with Crippen LogP contribution in [0.15, 0.2) is 63.5 Å². The molecule has 0 radical (unpaired) electrons. The van der Waals surface area contributed by atoms with Crippen molar-refractivity contribution >= 4 is 46.6 Å². The van der Waals surface area contributed by atoms with Crippen LogP contribution >= 0.6 is 34.5 Å². The Balaban J connectivity index is 1.91. The first kappa shape index (κ1) is 25.2. The van der Waals surface area contributed by atoms with Crippen LogP contribution in [0.5, 0.6) is 5.75 Å². The van der Waals surface area contributed by atoms with Gasteiger partial charge in [-0.25, -0.2) is 9.79 Å². The number of halogens is 2. The maximum Gasteiger partial charge on any atom is 0.338 e. The predicted molar refractivity (Wildman–Crippen MR) is 139 cm³/mol. The average Bonchev–Trinajstić information content (AvgIpc) is 3.09. The molecule has 35 heavy (non-hydrogen) atoms. The quantitative estimate of drug-likeness (QED) is 0.425. The Bertz CT molecular complexity index is 1490. The van der Waals surface area contributed by atoms with Crippen LogP contribution in [-0.4, -0.2) is 23.2 Å². The number of allylic oxidation sites excluding steroid dienone is 1. The summed E-state index contributed by atoms with van der Waals surface area (Å²) < 4.78 is 13.1. The van der Waals surface area contributed by atoms with E-state index in [-0.39, 0.29) is 18.3 Å². The second-order valence-electron chi connectivity index (χ2n) is 8.20. The first-order chi connectivity index (χ1) is 16.7. The van der Waals surface area contributed by atoms with Gasteiger partial charge in [0.05, 0.1) is 34.6 Å². The number of hydrogen-bond acceptors (Lipinski definition) is 6. The van der Waals surface area contributed by atoms with Gasteiger partial charge in [-0.15, -0.1) is 0 Å². The fraction of sp³-hybridized carbons (Fsp3) is 0.269. The summed E-state index contributed by atoms with van der Waals surface area (Å²) in [4.78, 5) is 31.7. The summed E-state index contributed by atoms with van der Waals surface area (Å²) in [6.45, 7) is 7.60. The molecule has 0 spiro atoms. The van der Waals surface area contributed by atoms with Gasteiger partial charge in [0.2, 0.25) is 0 Å². The molecule has 2 heterocycles. The minimum atomic E-state index is -0.693. The Kier molecular flexibility index (Phi) is 7.50. The Morgan fingerprint density at radius 3 is 2.54 bits per heavy atom. The van der Waals surface area contributed by atoms with Crippen LogP contribution in [0.1, 0.15) is 44.9 Å². The molecule has 182 valence electrons.